The highest BCUT2D eigenvalue weighted by Gasteiger charge is 2.08. The highest BCUT2D eigenvalue weighted by atomic mass is 16.5. The van der Waals surface area contributed by atoms with Crippen molar-refractivity contribution in [2.24, 2.45) is 7.05 Å². The molecule has 0 saturated heterocycles. The zero-order valence-electron chi connectivity index (χ0n) is 16.6. The van der Waals surface area contributed by atoms with E-state index < -0.39 is 0 Å². The van der Waals surface area contributed by atoms with E-state index in [1.807, 2.05) is 61.5 Å². The number of aromatic nitrogens is 1. The van der Waals surface area contributed by atoms with Crippen LogP contribution in [0.4, 0.5) is 0 Å². The van der Waals surface area contributed by atoms with E-state index in [1.165, 1.54) is 6.07 Å². The molecule has 0 atom stereocenters. The van der Waals surface area contributed by atoms with Crippen LogP contribution in [0.15, 0.2) is 71.7 Å². The van der Waals surface area contributed by atoms with Crippen LogP contribution in [0.2, 0.25) is 0 Å². The second-order valence-corrected chi connectivity index (χ2v) is 6.76. The van der Waals surface area contributed by atoms with Crippen LogP contribution in [0.25, 0.3) is 0 Å². The molecule has 0 fully saturated rings. The van der Waals surface area contributed by atoms with Crippen LogP contribution < -0.4 is 20.2 Å². The van der Waals surface area contributed by atoms with Crippen LogP contribution in [-0.2, 0) is 25.0 Å². The minimum atomic E-state index is -0.262. The van der Waals surface area contributed by atoms with Gasteiger partial charge in [0, 0.05) is 18.8 Å². The number of nitrogens with zero attached hydrogens (tertiary/aromatic N) is 1. The van der Waals surface area contributed by atoms with Crippen LogP contribution >= 0.6 is 0 Å². The SMILES string of the molecule is Cc1ccc(OCC(=O)NCc2cc(=O)c(OCc3ccccc3)cn2C)cc1. The third-order valence-corrected chi connectivity index (χ3v) is 4.40. The average Bonchev–Trinajstić information content (AvgIpc) is 2.73. The van der Waals surface area contributed by atoms with Gasteiger partial charge in [-0.05, 0) is 24.6 Å². The summed E-state index contributed by atoms with van der Waals surface area (Å²) in [4.78, 5) is 24.4. The van der Waals surface area contributed by atoms with Crippen LogP contribution in [0, 0.1) is 6.92 Å². The molecule has 1 N–H and O–H groups in total. The lowest BCUT2D eigenvalue weighted by atomic mass is 10.2. The molecule has 0 saturated carbocycles. The Labute approximate surface area is 169 Å². The summed E-state index contributed by atoms with van der Waals surface area (Å²) in [6.07, 6.45) is 1.63. The molecule has 2 aromatic carbocycles. The van der Waals surface area contributed by atoms with E-state index in [1.54, 1.807) is 17.8 Å². The number of ether oxygens (including phenoxy) is 2. The maximum Gasteiger partial charge on any atom is 0.258 e. The number of carbonyl (C=O) groups excluding carboxylic acids is 1. The number of hydrogen-bond donors (Lipinski definition) is 1. The van der Waals surface area contributed by atoms with Gasteiger partial charge in [-0.15, -0.1) is 0 Å². The third-order valence-electron chi connectivity index (χ3n) is 4.40. The highest BCUT2D eigenvalue weighted by molar-refractivity contribution is 5.77. The summed E-state index contributed by atoms with van der Waals surface area (Å²) in [5.41, 5.74) is 2.56. The molecule has 1 amide bonds. The number of rotatable bonds is 8. The summed E-state index contributed by atoms with van der Waals surface area (Å²) in [5.74, 6) is 0.648. The zero-order chi connectivity index (χ0) is 20.6. The van der Waals surface area contributed by atoms with Crippen LogP contribution in [-0.4, -0.2) is 17.1 Å². The summed E-state index contributed by atoms with van der Waals surface area (Å²) < 4.78 is 12.9. The summed E-state index contributed by atoms with van der Waals surface area (Å²) in [7, 11) is 1.80. The maximum atomic E-state index is 12.3. The standard InChI is InChI=1S/C23H24N2O4/c1-17-8-10-20(11-9-17)28-16-23(27)24-13-19-12-21(26)22(14-25(19)2)29-15-18-6-4-3-5-7-18/h3-12,14H,13,15-16H2,1-2H3,(H,24,27). The van der Waals surface area contributed by atoms with Crippen LogP contribution in [0.1, 0.15) is 16.8 Å². The Bertz CT molecular complexity index is 1010. The summed E-state index contributed by atoms with van der Waals surface area (Å²) in [6, 6.07) is 18.6. The number of nitrogens with one attached hydrogen (secondary N) is 1. The number of pyridine rings is 1. The Morgan fingerprint density at radius 3 is 2.48 bits per heavy atom. The molecule has 6 nitrogen and oxygen atoms in total. The number of carbonyl (C=O) groups is 1. The first kappa shape index (κ1) is 20.2. The smallest absolute Gasteiger partial charge is 0.258 e. The normalized spacial score (nSPS) is 10.4. The lowest BCUT2D eigenvalue weighted by Gasteiger charge is -2.13. The van der Waals surface area contributed by atoms with Gasteiger partial charge in [-0.3, -0.25) is 9.59 Å². The van der Waals surface area contributed by atoms with Gasteiger partial charge in [0.15, 0.2) is 12.4 Å². The summed E-state index contributed by atoms with van der Waals surface area (Å²) in [6.45, 7) is 2.44. The quantitative estimate of drug-likeness (QED) is 0.640. The third kappa shape index (κ3) is 5.97. The first-order valence-corrected chi connectivity index (χ1v) is 9.34. The van der Waals surface area contributed by atoms with Gasteiger partial charge in [0.1, 0.15) is 12.4 Å². The van der Waals surface area contributed by atoms with Crippen molar-refractivity contribution >= 4 is 5.91 Å². The molecule has 3 rings (SSSR count). The van der Waals surface area contributed by atoms with E-state index in [0.717, 1.165) is 11.1 Å². The van der Waals surface area contributed by atoms with Crippen molar-refractivity contribution in [3.63, 3.8) is 0 Å². The molecular weight excluding hydrogens is 368 g/mol. The van der Waals surface area contributed by atoms with Crippen molar-refractivity contribution in [1.82, 2.24) is 9.88 Å². The second-order valence-electron chi connectivity index (χ2n) is 6.76. The Kier molecular flexibility index (Phi) is 6.68. The molecule has 29 heavy (non-hydrogen) atoms. The summed E-state index contributed by atoms with van der Waals surface area (Å²) >= 11 is 0. The Morgan fingerprint density at radius 2 is 1.76 bits per heavy atom. The monoisotopic (exact) mass is 392 g/mol. The van der Waals surface area contributed by atoms with Gasteiger partial charge in [-0.25, -0.2) is 0 Å². The molecule has 0 unspecified atom stereocenters. The molecule has 6 heteroatoms. The van der Waals surface area contributed by atoms with Crippen molar-refractivity contribution in [3.05, 3.63) is 93.9 Å². The fourth-order valence-corrected chi connectivity index (χ4v) is 2.69. The zero-order valence-corrected chi connectivity index (χ0v) is 16.6. The minimum Gasteiger partial charge on any atom is -0.484 e. The molecule has 0 spiro atoms. The molecule has 150 valence electrons. The van der Waals surface area contributed by atoms with Gasteiger partial charge in [0.05, 0.1) is 12.7 Å². The number of aryl methyl sites for hydroxylation is 2. The van der Waals surface area contributed by atoms with Crippen molar-refractivity contribution in [2.75, 3.05) is 6.61 Å². The molecule has 0 bridgehead atoms. The van der Waals surface area contributed by atoms with Crippen molar-refractivity contribution in [1.29, 1.82) is 0 Å². The molecule has 3 aromatic rings. The van der Waals surface area contributed by atoms with Gasteiger partial charge in [-0.1, -0.05) is 48.0 Å². The first-order valence-electron chi connectivity index (χ1n) is 9.34. The number of benzene rings is 2. The predicted octanol–water partition coefficient (Wildman–Crippen LogP) is 2.97. The van der Waals surface area contributed by atoms with Gasteiger partial charge < -0.3 is 19.4 Å². The van der Waals surface area contributed by atoms with E-state index in [2.05, 4.69) is 5.32 Å². The van der Waals surface area contributed by atoms with E-state index >= 15 is 0 Å². The summed E-state index contributed by atoms with van der Waals surface area (Å²) in [5, 5.41) is 2.76. The van der Waals surface area contributed by atoms with Crippen LogP contribution in [0.3, 0.4) is 0 Å². The van der Waals surface area contributed by atoms with E-state index in [4.69, 9.17) is 9.47 Å². The molecular formula is C23H24N2O4. The molecule has 0 aliphatic heterocycles. The Balaban J connectivity index is 1.52. The Hall–Kier alpha value is -3.54. The molecule has 0 aliphatic carbocycles. The van der Waals surface area contributed by atoms with E-state index in [9.17, 15) is 9.59 Å². The predicted molar refractivity (Wildman–Crippen MR) is 111 cm³/mol. The average molecular weight is 392 g/mol. The van der Waals surface area contributed by atoms with E-state index in [-0.39, 0.29) is 30.2 Å². The van der Waals surface area contributed by atoms with Gasteiger partial charge >= 0.3 is 0 Å². The van der Waals surface area contributed by atoms with Crippen molar-refractivity contribution < 1.29 is 14.3 Å². The fourth-order valence-electron chi connectivity index (χ4n) is 2.69. The topological polar surface area (TPSA) is 69.6 Å². The second kappa shape index (κ2) is 9.59. The van der Waals surface area contributed by atoms with Crippen molar-refractivity contribution in [3.8, 4) is 11.5 Å². The van der Waals surface area contributed by atoms with Crippen molar-refractivity contribution in [2.45, 2.75) is 20.1 Å². The van der Waals surface area contributed by atoms with Gasteiger partial charge in [0.25, 0.3) is 5.91 Å². The number of hydrogen-bond acceptors (Lipinski definition) is 4. The molecule has 1 aromatic heterocycles. The number of amides is 1. The maximum absolute atomic E-state index is 12.3. The van der Waals surface area contributed by atoms with E-state index in [0.29, 0.717) is 18.1 Å². The molecule has 1 heterocycles. The Morgan fingerprint density at radius 1 is 1.03 bits per heavy atom. The minimum absolute atomic E-state index is 0.0880. The fraction of sp³-hybridized carbons (Fsp3) is 0.217. The first-order chi connectivity index (χ1) is 14.0. The largest absolute Gasteiger partial charge is 0.484 e. The molecule has 0 radical (unpaired) electrons. The molecule has 0 aliphatic rings. The lowest BCUT2D eigenvalue weighted by molar-refractivity contribution is -0.123. The highest BCUT2D eigenvalue weighted by Crippen LogP contribution is 2.11. The van der Waals surface area contributed by atoms with Gasteiger partial charge in [0.2, 0.25) is 5.43 Å². The lowest BCUT2D eigenvalue weighted by Crippen LogP contribution is -2.30. The van der Waals surface area contributed by atoms with Gasteiger partial charge in [-0.2, -0.15) is 0 Å². The van der Waals surface area contributed by atoms with Crippen LogP contribution in [0.5, 0.6) is 11.5 Å².